The second-order valence-electron chi connectivity index (χ2n) is 4.18. The first-order valence-electron chi connectivity index (χ1n) is 6.06. The van der Waals surface area contributed by atoms with Crippen molar-refractivity contribution in [2.24, 2.45) is 0 Å². The predicted octanol–water partition coefficient (Wildman–Crippen LogP) is 0.646. The number of hydrogen-bond donors (Lipinski definition) is 2. The Morgan fingerprint density at radius 3 is 2.75 bits per heavy atom. The maximum absolute atomic E-state index is 11.9. The Bertz CT molecular complexity index is 932. The van der Waals surface area contributed by atoms with Crippen molar-refractivity contribution in [3.05, 3.63) is 50.7 Å². The van der Waals surface area contributed by atoms with Gasteiger partial charge >= 0.3 is 11.7 Å². The lowest BCUT2D eigenvalue weighted by molar-refractivity contribution is 0.0526. The van der Waals surface area contributed by atoms with Crippen LogP contribution in [0.5, 0.6) is 0 Å². The van der Waals surface area contributed by atoms with Gasteiger partial charge in [0.1, 0.15) is 5.65 Å². The smallest absolute Gasteiger partial charge is 0.347 e. The molecular weight excluding hydrogens is 262 g/mol. The van der Waals surface area contributed by atoms with Crippen LogP contribution in [-0.4, -0.2) is 26.9 Å². The molecule has 7 heteroatoms. The third-order valence-corrected chi connectivity index (χ3v) is 2.99. The number of ether oxygens (including phenoxy) is 1. The van der Waals surface area contributed by atoms with Crippen LogP contribution in [-0.2, 0) is 4.74 Å². The number of aromatic nitrogens is 3. The molecule has 0 saturated heterocycles. The highest BCUT2D eigenvalue weighted by atomic mass is 16.5. The molecule has 0 amide bonds. The molecule has 0 aliphatic heterocycles. The number of rotatable bonds is 2. The number of H-pyrrole nitrogens is 2. The molecule has 2 heterocycles. The van der Waals surface area contributed by atoms with E-state index in [4.69, 9.17) is 4.74 Å². The molecule has 0 saturated carbocycles. The fourth-order valence-corrected chi connectivity index (χ4v) is 2.18. The van der Waals surface area contributed by atoms with Gasteiger partial charge in [0.05, 0.1) is 17.6 Å². The molecule has 3 rings (SSSR count). The van der Waals surface area contributed by atoms with E-state index < -0.39 is 17.2 Å². The minimum absolute atomic E-state index is 0.137. The fourth-order valence-electron chi connectivity index (χ4n) is 2.18. The lowest BCUT2D eigenvalue weighted by Gasteiger charge is -2.02. The summed E-state index contributed by atoms with van der Waals surface area (Å²) in [5.41, 5.74) is -0.208. The first kappa shape index (κ1) is 12.2. The van der Waals surface area contributed by atoms with E-state index in [2.05, 4.69) is 9.97 Å². The number of benzene rings is 1. The molecule has 0 atom stereocenters. The average Bonchev–Trinajstić information content (AvgIpc) is 2.78. The molecule has 7 nitrogen and oxygen atoms in total. The van der Waals surface area contributed by atoms with E-state index in [0.717, 1.165) is 0 Å². The van der Waals surface area contributed by atoms with Crippen LogP contribution in [0.4, 0.5) is 0 Å². The summed E-state index contributed by atoms with van der Waals surface area (Å²) in [5.74, 6) is -0.766. The van der Waals surface area contributed by atoms with Crippen molar-refractivity contribution < 1.29 is 9.53 Å². The molecular formula is C13H11N3O4. The van der Waals surface area contributed by atoms with Gasteiger partial charge in [-0.15, -0.1) is 0 Å². The Balaban J connectivity index is 2.50. The van der Waals surface area contributed by atoms with E-state index in [0.29, 0.717) is 11.0 Å². The Morgan fingerprint density at radius 2 is 2.00 bits per heavy atom. The van der Waals surface area contributed by atoms with Crippen molar-refractivity contribution in [3.63, 3.8) is 0 Å². The highest BCUT2D eigenvalue weighted by molar-refractivity contribution is 5.97. The number of nitrogens with one attached hydrogen (secondary N) is 2. The molecule has 0 aliphatic carbocycles. The van der Waals surface area contributed by atoms with Gasteiger partial charge in [-0.05, 0) is 19.1 Å². The number of imidazole rings is 1. The van der Waals surface area contributed by atoms with Crippen molar-refractivity contribution in [2.45, 2.75) is 6.92 Å². The number of fused-ring (bicyclic) bond motifs is 3. The van der Waals surface area contributed by atoms with Gasteiger partial charge in [0.2, 0.25) is 0 Å². The molecule has 0 bridgehead atoms. The molecule has 102 valence electrons. The van der Waals surface area contributed by atoms with E-state index in [1.807, 2.05) is 0 Å². The van der Waals surface area contributed by atoms with Crippen LogP contribution in [0.1, 0.15) is 17.3 Å². The quantitative estimate of drug-likeness (QED) is 0.670. The van der Waals surface area contributed by atoms with Gasteiger partial charge in [-0.1, -0.05) is 12.1 Å². The third kappa shape index (κ3) is 1.63. The molecule has 0 aliphatic rings. The largest absolute Gasteiger partial charge is 0.462 e. The highest BCUT2D eigenvalue weighted by Crippen LogP contribution is 2.15. The Morgan fingerprint density at radius 1 is 1.25 bits per heavy atom. The zero-order valence-corrected chi connectivity index (χ0v) is 10.6. The van der Waals surface area contributed by atoms with Crippen molar-refractivity contribution in [1.29, 1.82) is 0 Å². The van der Waals surface area contributed by atoms with Crippen LogP contribution >= 0.6 is 0 Å². The molecule has 0 radical (unpaired) electrons. The first-order chi connectivity index (χ1) is 9.63. The predicted molar refractivity (Wildman–Crippen MR) is 72.1 cm³/mol. The zero-order chi connectivity index (χ0) is 14.3. The van der Waals surface area contributed by atoms with Crippen molar-refractivity contribution >= 4 is 22.6 Å². The highest BCUT2D eigenvalue weighted by Gasteiger charge is 2.20. The molecule has 3 aromatic rings. The number of para-hydroxylation sites is 2. The second-order valence-corrected chi connectivity index (χ2v) is 4.18. The van der Waals surface area contributed by atoms with Crippen LogP contribution in [0.2, 0.25) is 0 Å². The van der Waals surface area contributed by atoms with Crippen LogP contribution < -0.4 is 11.2 Å². The van der Waals surface area contributed by atoms with E-state index in [-0.39, 0.29) is 17.8 Å². The topological polar surface area (TPSA) is 96.4 Å². The van der Waals surface area contributed by atoms with Crippen LogP contribution in [0.25, 0.3) is 16.7 Å². The van der Waals surface area contributed by atoms with Gasteiger partial charge in [0, 0.05) is 0 Å². The number of nitrogens with zero attached hydrogens (tertiary/aromatic N) is 1. The lowest BCUT2D eigenvalue weighted by Crippen LogP contribution is -2.31. The molecule has 0 spiro atoms. The van der Waals surface area contributed by atoms with Gasteiger partial charge in [0.25, 0.3) is 5.56 Å². The molecule has 2 N–H and O–H groups in total. The number of carbonyl (C=O) groups is 1. The van der Waals surface area contributed by atoms with Crippen molar-refractivity contribution in [3.8, 4) is 0 Å². The Labute approximate surface area is 111 Å². The summed E-state index contributed by atoms with van der Waals surface area (Å²) < 4.78 is 6.11. The molecule has 0 fully saturated rings. The molecule has 2 aromatic heterocycles. The standard InChI is InChI=1S/C13H11N3O4/c1-2-20-12(18)9-10-14-7-5-3-4-6-8(7)16(10)13(19)15-11(9)17/h3-6,14H,2H2,1H3,(H,15,17,19). The Hall–Kier alpha value is -2.83. The fraction of sp³-hybridized carbons (Fsp3) is 0.154. The Kier molecular flexibility index (Phi) is 2.67. The summed E-state index contributed by atoms with van der Waals surface area (Å²) in [6.45, 7) is 1.79. The third-order valence-electron chi connectivity index (χ3n) is 2.99. The summed E-state index contributed by atoms with van der Waals surface area (Å²) in [7, 11) is 0. The van der Waals surface area contributed by atoms with E-state index in [1.165, 1.54) is 4.40 Å². The van der Waals surface area contributed by atoms with E-state index >= 15 is 0 Å². The summed E-state index contributed by atoms with van der Waals surface area (Å²) in [6, 6.07) is 7.01. The van der Waals surface area contributed by atoms with Crippen molar-refractivity contribution in [2.75, 3.05) is 6.61 Å². The maximum atomic E-state index is 11.9. The number of esters is 1. The van der Waals surface area contributed by atoms with Crippen LogP contribution in [0.15, 0.2) is 33.9 Å². The second kappa shape index (κ2) is 4.37. The summed E-state index contributed by atoms with van der Waals surface area (Å²) in [4.78, 5) is 40.7. The molecule has 20 heavy (non-hydrogen) atoms. The van der Waals surface area contributed by atoms with Gasteiger partial charge in [-0.25, -0.2) is 14.0 Å². The monoisotopic (exact) mass is 273 g/mol. The van der Waals surface area contributed by atoms with Gasteiger partial charge < -0.3 is 9.72 Å². The van der Waals surface area contributed by atoms with E-state index in [9.17, 15) is 14.4 Å². The van der Waals surface area contributed by atoms with Crippen LogP contribution in [0.3, 0.4) is 0 Å². The van der Waals surface area contributed by atoms with Gasteiger partial charge in [-0.3, -0.25) is 9.78 Å². The normalized spacial score (nSPS) is 11.1. The maximum Gasteiger partial charge on any atom is 0.347 e. The lowest BCUT2D eigenvalue weighted by atomic mass is 10.3. The summed E-state index contributed by atoms with van der Waals surface area (Å²) >= 11 is 0. The average molecular weight is 273 g/mol. The summed E-state index contributed by atoms with van der Waals surface area (Å²) in [5, 5.41) is 0. The minimum atomic E-state index is -0.766. The number of carbonyl (C=O) groups excluding carboxylic acids is 1. The SMILES string of the molecule is CCOC(=O)c1c(=O)[nH]c(=O)n2c1[nH]c1ccccc12. The van der Waals surface area contributed by atoms with Crippen molar-refractivity contribution in [1.82, 2.24) is 14.4 Å². The number of aromatic amines is 2. The van der Waals surface area contributed by atoms with Gasteiger partial charge in [-0.2, -0.15) is 0 Å². The zero-order valence-electron chi connectivity index (χ0n) is 10.6. The minimum Gasteiger partial charge on any atom is -0.462 e. The van der Waals surface area contributed by atoms with E-state index in [1.54, 1.807) is 31.2 Å². The number of hydrogen-bond acceptors (Lipinski definition) is 4. The first-order valence-corrected chi connectivity index (χ1v) is 6.06. The van der Waals surface area contributed by atoms with Crippen LogP contribution in [0, 0.1) is 0 Å². The summed E-state index contributed by atoms with van der Waals surface area (Å²) in [6.07, 6.45) is 0. The van der Waals surface area contributed by atoms with Gasteiger partial charge in [0.15, 0.2) is 5.56 Å². The molecule has 1 aromatic carbocycles. The molecule has 0 unspecified atom stereocenters.